The van der Waals surface area contributed by atoms with Crippen LogP contribution in [0.15, 0.2) is 18.2 Å². The van der Waals surface area contributed by atoms with E-state index in [-0.39, 0.29) is 22.9 Å². The minimum atomic E-state index is -3.45. The van der Waals surface area contributed by atoms with Crippen molar-refractivity contribution < 1.29 is 17.5 Å². The fourth-order valence-electron chi connectivity index (χ4n) is 4.50. The monoisotopic (exact) mass is 339 g/mol. The van der Waals surface area contributed by atoms with Gasteiger partial charge in [0.15, 0.2) is 0 Å². The lowest BCUT2D eigenvalue weighted by Crippen LogP contribution is -2.38. The molecule has 1 aromatic rings. The first-order valence-corrected chi connectivity index (χ1v) is 10.00. The summed E-state index contributed by atoms with van der Waals surface area (Å²) in [7, 11) is -3.45. The van der Waals surface area contributed by atoms with Crippen LogP contribution in [0.25, 0.3) is 0 Å². The average molecular weight is 339 g/mol. The molecule has 126 valence electrons. The van der Waals surface area contributed by atoms with E-state index >= 15 is 0 Å². The van der Waals surface area contributed by atoms with E-state index in [1.54, 1.807) is 12.1 Å². The van der Waals surface area contributed by atoms with Crippen LogP contribution in [0.3, 0.4) is 0 Å². The molecule has 1 aromatic carbocycles. The molecule has 0 N–H and O–H groups in total. The second-order valence-electron chi connectivity index (χ2n) is 7.14. The summed E-state index contributed by atoms with van der Waals surface area (Å²) in [5.74, 6) is -0.109. The molecular weight excluding hydrogens is 317 g/mol. The zero-order valence-electron chi connectivity index (χ0n) is 13.1. The van der Waals surface area contributed by atoms with Gasteiger partial charge in [0, 0.05) is 30.0 Å². The van der Waals surface area contributed by atoms with Gasteiger partial charge in [-0.15, -0.1) is 0 Å². The Morgan fingerprint density at radius 2 is 2.09 bits per heavy atom. The molecular formula is C17H22FNO3S. The van der Waals surface area contributed by atoms with E-state index in [0.29, 0.717) is 31.0 Å². The van der Waals surface area contributed by atoms with E-state index in [0.717, 1.165) is 32.1 Å². The number of halogens is 1. The Hall–Kier alpha value is -1.14. The highest BCUT2D eigenvalue weighted by atomic mass is 32.2. The van der Waals surface area contributed by atoms with Crippen molar-refractivity contribution in [1.29, 1.82) is 0 Å². The van der Waals surface area contributed by atoms with Crippen LogP contribution >= 0.6 is 0 Å². The first kappa shape index (κ1) is 15.4. The number of nitrogens with zero attached hydrogens (tertiary/aromatic N) is 1. The third-order valence-corrected chi connectivity index (χ3v) is 7.49. The van der Waals surface area contributed by atoms with Crippen LogP contribution in [0.5, 0.6) is 0 Å². The number of sulfonamides is 1. The summed E-state index contributed by atoms with van der Waals surface area (Å²) in [6, 6.07) is 4.83. The summed E-state index contributed by atoms with van der Waals surface area (Å²) >= 11 is 0. The normalized spacial score (nSPS) is 26.1. The van der Waals surface area contributed by atoms with Crippen molar-refractivity contribution in [3.63, 3.8) is 0 Å². The summed E-state index contributed by atoms with van der Waals surface area (Å²) in [5, 5.41) is 0. The Kier molecular flexibility index (Phi) is 3.65. The van der Waals surface area contributed by atoms with Crippen molar-refractivity contribution >= 4 is 15.7 Å². The molecule has 2 heterocycles. The fourth-order valence-corrected chi connectivity index (χ4v) is 6.43. The molecule has 3 aliphatic rings. The molecule has 0 aromatic heterocycles. The van der Waals surface area contributed by atoms with E-state index in [1.165, 1.54) is 10.4 Å². The average Bonchev–Trinajstić information content (AvgIpc) is 3.22. The van der Waals surface area contributed by atoms with Gasteiger partial charge in [-0.25, -0.2) is 12.8 Å². The lowest BCUT2D eigenvalue weighted by atomic mass is 9.80. The van der Waals surface area contributed by atoms with Crippen LogP contribution in [0.2, 0.25) is 0 Å². The lowest BCUT2D eigenvalue weighted by Gasteiger charge is -2.26. The van der Waals surface area contributed by atoms with Crippen molar-refractivity contribution in [2.45, 2.75) is 37.5 Å². The molecule has 1 saturated carbocycles. The third kappa shape index (κ3) is 2.47. The van der Waals surface area contributed by atoms with Gasteiger partial charge in [0.1, 0.15) is 5.82 Å². The topological polar surface area (TPSA) is 46.6 Å². The van der Waals surface area contributed by atoms with Gasteiger partial charge in [-0.2, -0.15) is 0 Å². The number of rotatable bonds is 3. The van der Waals surface area contributed by atoms with Gasteiger partial charge in [-0.05, 0) is 31.4 Å². The van der Waals surface area contributed by atoms with E-state index < -0.39 is 10.0 Å². The van der Waals surface area contributed by atoms with Crippen LogP contribution in [-0.4, -0.2) is 33.9 Å². The molecule has 1 spiro atoms. The van der Waals surface area contributed by atoms with Crippen LogP contribution in [-0.2, 0) is 20.2 Å². The molecule has 1 saturated heterocycles. The first-order chi connectivity index (χ1) is 11.0. The van der Waals surface area contributed by atoms with Crippen molar-refractivity contribution in [3.05, 3.63) is 29.6 Å². The summed E-state index contributed by atoms with van der Waals surface area (Å²) in [6.45, 7) is 1.54. The lowest BCUT2D eigenvalue weighted by molar-refractivity contribution is 0.188. The summed E-state index contributed by atoms with van der Waals surface area (Å²) in [6.07, 6.45) is 4.61. The largest absolute Gasteiger partial charge is 0.381 e. The quantitative estimate of drug-likeness (QED) is 0.851. The molecule has 23 heavy (non-hydrogen) atoms. The van der Waals surface area contributed by atoms with E-state index in [4.69, 9.17) is 4.74 Å². The third-order valence-electron chi connectivity index (χ3n) is 5.60. The van der Waals surface area contributed by atoms with Gasteiger partial charge in [-0.1, -0.05) is 18.9 Å². The minimum Gasteiger partial charge on any atom is -0.381 e. The highest BCUT2D eigenvalue weighted by Crippen LogP contribution is 2.52. The van der Waals surface area contributed by atoms with E-state index in [1.807, 2.05) is 0 Å². The minimum absolute atomic E-state index is 0.0529. The van der Waals surface area contributed by atoms with Gasteiger partial charge in [0.2, 0.25) is 10.0 Å². The maximum absolute atomic E-state index is 14.5. The molecule has 2 aliphatic heterocycles. The number of fused-ring (bicyclic) bond motifs is 2. The standard InChI is InChI=1S/C17H22FNO3S/c18-14-4-3-5-15-16(14)17(7-1-2-8-17)12-19(15)23(20,21)11-13-6-9-22-10-13/h3-5,13H,1-2,6-12H2/t13-/m0/s1. The first-order valence-electron chi connectivity index (χ1n) is 8.39. The molecule has 0 bridgehead atoms. The van der Waals surface area contributed by atoms with Gasteiger partial charge in [0.05, 0.1) is 18.0 Å². The molecule has 1 aliphatic carbocycles. The molecule has 0 radical (unpaired) electrons. The van der Waals surface area contributed by atoms with Gasteiger partial charge >= 0.3 is 0 Å². The van der Waals surface area contributed by atoms with Gasteiger partial charge < -0.3 is 4.74 Å². The summed E-state index contributed by atoms with van der Waals surface area (Å²) in [5.41, 5.74) is 0.870. The SMILES string of the molecule is O=S(=O)(C[C@H]1CCOC1)N1CC2(CCCC2)c2c(F)cccc21. The van der Waals surface area contributed by atoms with Gasteiger partial charge in [0.25, 0.3) is 0 Å². The second-order valence-corrected chi connectivity index (χ2v) is 9.07. The molecule has 1 atom stereocenters. The van der Waals surface area contributed by atoms with Crippen LogP contribution in [0.1, 0.15) is 37.7 Å². The van der Waals surface area contributed by atoms with Crippen LogP contribution in [0.4, 0.5) is 10.1 Å². The number of hydrogen-bond acceptors (Lipinski definition) is 3. The Bertz CT molecular complexity index is 707. The van der Waals surface area contributed by atoms with Crippen LogP contribution < -0.4 is 4.31 Å². The Morgan fingerprint density at radius 3 is 2.78 bits per heavy atom. The Labute approximate surface area is 136 Å². The molecule has 2 fully saturated rings. The summed E-state index contributed by atoms with van der Waals surface area (Å²) in [4.78, 5) is 0. The fraction of sp³-hybridized carbons (Fsp3) is 0.647. The zero-order valence-corrected chi connectivity index (χ0v) is 13.9. The van der Waals surface area contributed by atoms with Crippen molar-refractivity contribution in [3.8, 4) is 0 Å². The second kappa shape index (κ2) is 5.45. The Balaban J connectivity index is 1.72. The molecule has 0 amide bonds. The molecule has 4 rings (SSSR count). The number of benzene rings is 1. The number of hydrogen-bond donors (Lipinski definition) is 0. The predicted octanol–water partition coefficient (Wildman–Crippen LogP) is 2.82. The maximum Gasteiger partial charge on any atom is 0.235 e. The molecule has 0 unspecified atom stereocenters. The number of anilines is 1. The van der Waals surface area contributed by atoms with Crippen molar-refractivity contribution in [2.24, 2.45) is 5.92 Å². The Morgan fingerprint density at radius 1 is 1.30 bits per heavy atom. The number of ether oxygens (including phenoxy) is 1. The van der Waals surface area contributed by atoms with Crippen molar-refractivity contribution in [1.82, 2.24) is 0 Å². The molecule has 4 nitrogen and oxygen atoms in total. The maximum atomic E-state index is 14.5. The van der Waals surface area contributed by atoms with Crippen LogP contribution in [0, 0.1) is 11.7 Å². The van der Waals surface area contributed by atoms with E-state index in [2.05, 4.69) is 0 Å². The van der Waals surface area contributed by atoms with Gasteiger partial charge in [-0.3, -0.25) is 4.31 Å². The predicted molar refractivity (Wildman–Crippen MR) is 86.6 cm³/mol. The smallest absolute Gasteiger partial charge is 0.235 e. The highest BCUT2D eigenvalue weighted by molar-refractivity contribution is 7.92. The summed E-state index contributed by atoms with van der Waals surface area (Å²) < 4.78 is 47.2. The molecule has 6 heteroatoms. The van der Waals surface area contributed by atoms with E-state index in [9.17, 15) is 12.8 Å². The highest BCUT2D eigenvalue weighted by Gasteiger charge is 2.49. The van der Waals surface area contributed by atoms with Crippen molar-refractivity contribution in [2.75, 3.05) is 29.8 Å². The zero-order chi connectivity index (χ0) is 16.1.